The van der Waals surface area contributed by atoms with Gasteiger partial charge in [0.2, 0.25) is 6.71 Å². The molecule has 1 heterocycles. The average molecular weight is 480 g/mol. The molecule has 0 saturated carbocycles. The number of hydrogen-bond donors (Lipinski definition) is 0. The van der Waals surface area contributed by atoms with E-state index in [1.165, 1.54) is 27.5 Å². The van der Waals surface area contributed by atoms with Gasteiger partial charge in [-0.15, -0.1) is 0 Å². The van der Waals surface area contributed by atoms with E-state index < -0.39 is 0 Å². The minimum absolute atomic E-state index is 0.190. The summed E-state index contributed by atoms with van der Waals surface area (Å²) in [5.41, 5.74) is 11.0. The first-order valence-electron chi connectivity index (χ1n) is 12.9. The van der Waals surface area contributed by atoms with E-state index in [1.54, 1.807) is 0 Å². The number of aryl methyl sites for hydroxylation is 2. The predicted molar refractivity (Wildman–Crippen MR) is 154 cm³/mol. The van der Waals surface area contributed by atoms with E-state index in [0.717, 1.165) is 33.8 Å². The molecule has 37 heavy (non-hydrogen) atoms. The number of benzene rings is 5. The molecule has 0 fully saturated rings. The van der Waals surface area contributed by atoms with Gasteiger partial charge in [0.1, 0.15) is 24.7 Å². The summed E-state index contributed by atoms with van der Waals surface area (Å²) in [5, 5.41) is 0. The highest BCUT2D eigenvalue weighted by molar-refractivity contribution is 6.99. The fraction of sp³-hybridized carbons (Fsp3) is 0.118. The van der Waals surface area contributed by atoms with Crippen LogP contribution in [0.2, 0.25) is 0 Å². The fourth-order valence-electron chi connectivity index (χ4n) is 5.32. The Kier molecular flexibility index (Phi) is 6.28. The van der Waals surface area contributed by atoms with Crippen molar-refractivity contribution in [2.24, 2.45) is 0 Å². The minimum atomic E-state index is 0.190. The monoisotopic (exact) mass is 480 g/mol. The van der Waals surface area contributed by atoms with E-state index >= 15 is 0 Å². The smallest absolute Gasteiger partial charge is 0.242 e. The molecule has 0 atom stereocenters. The molecule has 0 N–H and O–H groups in total. The number of rotatable bonds is 7. The molecule has 0 radical (unpaired) electrons. The molecule has 1 aliphatic heterocycles. The lowest BCUT2D eigenvalue weighted by Gasteiger charge is -2.14. The maximum absolute atomic E-state index is 6.33. The molecule has 0 bridgehead atoms. The molecule has 5 aromatic rings. The van der Waals surface area contributed by atoms with Crippen LogP contribution in [-0.4, -0.2) is 6.71 Å². The third-order valence-corrected chi connectivity index (χ3v) is 7.21. The molecule has 0 amide bonds. The molecule has 0 aliphatic carbocycles. The molecule has 0 unspecified atom stereocenters. The summed E-state index contributed by atoms with van der Waals surface area (Å²) in [6, 6.07) is 40.5. The van der Waals surface area contributed by atoms with Crippen LogP contribution in [0.5, 0.6) is 11.5 Å². The Hall–Kier alpha value is -4.24. The normalized spacial score (nSPS) is 11.7. The lowest BCUT2D eigenvalue weighted by molar-refractivity contribution is 0.304. The summed E-state index contributed by atoms with van der Waals surface area (Å²) in [4.78, 5) is 0. The van der Waals surface area contributed by atoms with Crippen molar-refractivity contribution in [2.75, 3.05) is 0 Å². The highest BCUT2D eigenvalue weighted by atomic mass is 16.5. The van der Waals surface area contributed by atoms with Crippen LogP contribution in [-0.2, 0) is 13.2 Å². The summed E-state index contributed by atoms with van der Waals surface area (Å²) < 4.78 is 12.7. The van der Waals surface area contributed by atoms with Crippen LogP contribution in [0.1, 0.15) is 22.3 Å². The molecule has 3 heteroatoms. The van der Waals surface area contributed by atoms with E-state index in [9.17, 15) is 0 Å². The van der Waals surface area contributed by atoms with Gasteiger partial charge in [0.25, 0.3) is 0 Å². The first kappa shape index (κ1) is 23.2. The van der Waals surface area contributed by atoms with Crippen molar-refractivity contribution in [3.05, 3.63) is 138 Å². The van der Waals surface area contributed by atoms with E-state index in [2.05, 4.69) is 92.7 Å². The molecule has 0 saturated heterocycles. The zero-order chi connectivity index (χ0) is 25.2. The predicted octanol–water partition coefficient (Wildman–Crippen LogP) is 5.96. The zero-order valence-corrected chi connectivity index (χ0v) is 21.3. The van der Waals surface area contributed by atoms with Crippen molar-refractivity contribution < 1.29 is 9.47 Å². The Balaban J connectivity index is 1.41. The van der Waals surface area contributed by atoms with Gasteiger partial charge in [-0.3, -0.25) is 0 Å². The van der Waals surface area contributed by atoms with Crippen LogP contribution in [0.4, 0.5) is 0 Å². The van der Waals surface area contributed by atoms with Crippen molar-refractivity contribution in [3.63, 3.8) is 0 Å². The van der Waals surface area contributed by atoms with E-state index in [1.807, 2.05) is 36.4 Å². The van der Waals surface area contributed by atoms with Gasteiger partial charge in [0.15, 0.2) is 0 Å². The molecule has 0 aromatic heterocycles. The second kappa shape index (κ2) is 10.0. The molecule has 0 spiro atoms. The third-order valence-electron chi connectivity index (χ3n) is 7.21. The van der Waals surface area contributed by atoms with Crippen LogP contribution >= 0.6 is 0 Å². The number of hydrogen-bond acceptors (Lipinski definition) is 2. The Labute approximate surface area is 219 Å². The zero-order valence-electron chi connectivity index (χ0n) is 21.3. The summed E-state index contributed by atoms with van der Waals surface area (Å²) >= 11 is 0. The molecule has 1 aliphatic rings. The van der Waals surface area contributed by atoms with Gasteiger partial charge in [-0.1, -0.05) is 120 Å². The van der Waals surface area contributed by atoms with E-state index in [4.69, 9.17) is 9.47 Å². The van der Waals surface area contributed by atoms with Crippen molar-refractivity contribution >= 4 is 23.1 Å². The van der Waals surface area contributed by atoms with Crippen molar-refractivity contribution in [3.8, 4) is 22.6 Å². The first-order chi connectivity index (χ1) is 18.2. The molecule has 6 rings (SSSR count). The molecule has 5 aromatic carbocycles. The van der Waals surface area contributed by atoms with Gasteiger partial charge < -0.3 is 9.47 Å². The maximum atomic E-state index is 6.33. The van der Waals surface area contributed by atoms with Gasteiger partial charge in [-0.2, -0.15) is 0 Å². The Bertz CT molecular complexity index is 1430. The van der Waals surface area contributed by atoms with Gasteiger partial charge in [-0.05, 0) is 59.4 Å². The molecular formula is C34H29BO2. The van der Waals surface area contributed by atoms with Crippen LogP contribution in [0.15, 0.2) is 115 Å². The average Bonchev–Trinajstić information content (AvgIpc) is 3.23. The molecular weight excluding hydrogens is 451 g/mol. The summed E-state index contributed by atoms with van der Waals surface area (Å²) in [6.07, 6.45) is 0. The first-order valence-corrected chi connectivity index (χ1v) is 12.9. The van der Waals surface area contributed by atoms with E-state index in [0.29, 0.717) is 13.2 Å². The van der Waals surface area contributed by atoms with Crippen LogP contribution in [0.25, 0.3) is 11.1 Å². The number of ether oxygens (including phenoxy) is 2. The lowest BCUT2D eigenvalue weighted by Crippen LogP contribution is -2.49. The summed E-state index contributed by atoms with van der Waals surface area (Å²) in [5.74, 6) is 1.85. The van der Waals surface area contributed by atoms with Crippen LogP contribution in [0, 0.1) is 13.8 Å². The van der Waals surface area contributed by atoms with E-state index in [-0.39, 0.29) is 6.71 Å². The third kappa shape index (κ3) is 4.65. The molecule has 180 valence electrons. The largest absolute Gasteiger partial charge is 0.489 e. The fourth-order valence-corrected chi connectivity index (χ4v) is 5.32. The second-order valence-corrected chi connectivity index (χ2v) is 9.80. The minimum Gasteiger partial charge on any atom is -0.489 e. The Morgan fingerprint density at radius 1 is 0.514 bits per heavy atom. The van der Waals surface area contributed by atoms with Gasteiger partial charge in [0.05, 0.1) is 0 Å². The van der Waals surface area contributed by atoms with Crippen molar-refractivity contribution in [1.82, 2.24) is 0 Å². The summed E-state index contributed by atoms with van der Waals surface area (Å²) in [7, 11) is 0. The van der Waals surface area contributed by atoms with Gasteiger partial charge in [0, 0.05) is 0 Å². The standard InChI is InChI=1S/C34H29BO2/c1-24-18-31-29(20-33(24)36-22-26-12-6-3-7-13-26)30-21-34(37-23-27-14-8-4-9-15-27)25(2)19-32(30)35(31)28-16-10-5-11-17-28/h3-21H,22-23H2,1-2H3. The Morgan fingerprint density at radius 3 is 1.35 bits per heavy atom. The Morgan fingerprint density at radius 2 is 0.919 bits per heavy atom. The quantitative estimate of drug-likeness (QED) is 0.263. The van der Waals surface area contributed by atoms with Gasteiger partial charge in [-0.25, -0.2) is 0 Å². The summed E-state index contributed by atoms with van der Waals surface area (Å²) in [6.45, 7) is 5.58. The van der Waals surface area contributed by atoms with Crippen LogP contribution < -0.4 is 25.9 Å². The van der Waals surface area contributed by atoms with Crippen molar-refractivity contribution in [2.45, 2.75) is 27.1 Å². The molecule has 2 nitrogen and oxygen atoms in total. The topological polar surface area (TPSA) is 18.5 Å². The van der Waals surface area contributed by atoms with Crippen molar-refractivity contribution in [1.29, 1.82) is 0 Å². The highest BCUT2D eigenvalue weighted by Gasteiger charge is 2.35. The van der Waals surface area contributed by atoms with Crippen LogP contribution in [0.3, 0.4) is 0 Å². The second-order valence-electron chi connectivity index (χ2n) is 9.80. The SMILES string of the molecule is Cc1cc2c(cc1OCc1ccccc1)-c1cc(OCc3ccccc3)c(C)cc1B2c1ccccc1. The maximum Gasteiger partial charge on any atom is 0.242 e. The van der Waals surface area contributed by atoms with Gasteiger partial charge >= 0.3 is 0 Å². The number of fused-ring (bicyclic) bond motifs is 3. The highest BCUT2D eigenvalue weighted by Crippen LogP contribution is 2.33. The lowest BCUT2D eigenvalue weighted by atomic mass is 9.39.